The zero-order chi connectivity index (χ0) is 19.4. The maximum Gasteiger partial charge on any atom is 0.262 e. The summed E-state index contributed by atoms with van der Waals surface area (Å²) in [5.41, 5.74) is 0.759. The Morgan fingerprint density at radius 2 is 2.04 bits per heavy atom. The highest BCUT2D eigenvalue weighted by atomic mass is 19.3. The Kier molecular flexibility index (Phi) is 6.28. The van der Waals surface area contributed by atoms with Crippen LogP contribution in [0.1, 0.15) is 41.5 Å². The van der Waals surface area contributed by atoms with Crippen LogP contribution in [-0.4, -0.2) is 29.2 Å². The number of amides is 1. The van der Waals surface area contributed by atoms with Gasteiger partial charge in [0.15, 0.2) is 11.6 Å². The van der Waals surface area contributed by atoms with Crippen LogP contribution in [0.25, 0.3) is 0 Å². The number of rotatable bonds is 7. The van der Waals surface area contributed by atoms with Gasteiger partial charge in [-0.2, -0.15) is 5.10 Å². The molecule has 1 heterocycles. The van der Waals surface area contributed by atoms with Crippen molar-refractivity contribution < 1.29 is 22.7 Å². The Hall–Kier alpha value is -2.51. The van der Waals surface area contributed by atoms with E-state index in [9.17, 15) is 18.0 Å². The van der Waals surface area contributed by atoms with Crippen LogP contribution in [0.5, 0.6) is 5.75 Å². The van der Waals surface area contributed by atoms with E-state index in [0.29, 0.717) is 18.2 Å². The summed E-state index contributed by atoms with van der Waals surface area (Å²) in [6.45, 7) is 6.33. The highest BCUT2D eigenvalue weighted by Gasteiger charge is 2.27. The molecule has 1 aromatic heterocycles. The predicted octanol–water partition coefficient (Wildman–Crippen LogP) is 3.73. The van der Waals surface area contributed by atoms with E-state index in [1.165, 1.54) is 25.4 Å². The molecule has 0 fully saturated rings. The van der Waals surface area contributed by atoms with Gasteiger partial charge in [-0.1, -0.05) is 19.9 Å². The summed E-state index contributed by atoms with van der Waals surface area (Å²) in [5, 5.41) is 6.40. The SMILES string of the molecule is COc1ccc(C(NC(=O)c2cnn(CC(C)C)c2C)C(F)F)cc1F. The van der Waals surface area contributed by atoms with Crippen molar-refractivity contribution in [2.45, 2.75) is 39.8 Å². The number of carbonyl (C=O) groups is 1. The Morgan fingerprint density at radius 1 is 1.35 bits per heavy atom. The van der Waals surface area contributed by atoms with Crippen molar-refractivity contribution in [1.82, 2.24) is 15.1 Å². The third-order valence-corrected chi connectivity index (χ3v) is 3.96. The summed E-state index contributed by atoms with van der Waals surface area (Å²) < 4.78 is 47.2. The second-order valence-corrected chi connectivity index (χ2v) is 6.40. The van der Waals surface area contributed by atoms with Gasteiger partial charge in [-0.05, 0) is 30.5 Å². The van der Waals surface area contributed by atoms with Gasteiger partial charge in [0.25, 0.3) is 12.3 Å². The highest BCUT2D eigenvalue weighted by Crippen LogP contribution is 2.26. The van der Waals surface area contributed by atoms with E-state index in [-0.39, 0.29) is 16.9 Å². The van der Waals surface area contributed by atoms with Gasteiger partial charge in [0.1, 0.15) is 6.04 Å². The quantitative estimate of drug-likeness (QED) is 0.809. The van der Waals surface area contributed by atoms with Crippen LogP contribution in [-0.2, 0) is 6.54 Å². The molecule has 5 nitrogen and oxygen atoms in total. The van der Waals surface area contributed by atoms with Crippen molar-refractivity contribution in [3.8, 4) is 5.75 Å². The molecule has 26 heavy (non-hydrogen) atoms. The zero-order valence-corrected chi connectivity index (χ0v) is 15.1. The predicted molar refractivity (Wildman–Crippen MR) is 91.0 cm³/mol. The minimum atomic E-state index is -2.90. The molecule has 0 saturated carbocycles. The van der Waals surface area contributed by atoms with Crippen molar-refractivity contribution in [3.63, 3.8) is 0 Å². The highest BCUT2D eigenvalue weighted by molar-refractivity contribution is 5.95. The lowest BCUT2D eigenvalue weighted by atomic mass is 10.1. The van der Waals surface area contributed by atoms with Crippen LogP contribution in [0, 0.1) is 18.7 Å². The Morgan fingerprint density at radius 3 is 2.58 bits per heavy atom. The van der Waals surface area contributed by atoms with E-state index in [1.807, 2.05) is 13.8 Å². The topological polar surface area (TPSA) is 56.1 Å². The molecule has 0 aliphatic carbocycles. The van der Waals surface area contributed by atoms with Crippen molar-refractivity contribution in [3.05, 3.63) is 47.0 Å². The van der Waals surface area contributed by atoms with Gasteiger partial charge in [0, 0.05) is 12.2 Å². The van der Waals surface area contributed by atoms with Crippen LogP contribution in [0.4, 0.5) is 13.2 Å². The summed E-state index contributed by atoms with van der Waals surface area (Å²) in [5.74, 6) is -1.19. The molecule has 0 aliphatic heterocycles. The molecule has 2 aromatic rings. The molecule has 1 atom stereocenters. The molecule has 8 heteroatoms. The molecule has 0 aliphatic rings. The van der Waals surface area contributed by atoms with Crippen molar-refractivity contribution in [1.29, 1.82) is 0 Å². The lowest BCUT2D eigenvalue weighted by Crippen LogP contribution is -2.33. The van der Waals surface area contributed by atoms with E-state index in [4.69, 9.17) is 4.74 Å². The summed E-state index contributed by atoms with van der Waals surface area (Å²) >= 11 is 0. The Bertz CT molecular complexity index is 775. The molecule has 2 rings (SSSR count). The van der Waals surface area contributed by atoms with Gasteiger partial charge in [-0.3, -0.25) is 9.48 Å². The molecule has 1 aromatic carbocycles. The number of halogens is 3. The monoisotopic (exact) mass is 369 g/mol. The molecule has 1 N–H and O–H groups in total. The molecule has 0 radical (unpaired) electrons. The van der Waals surface area contributed by atoms with Crippen LogP contribution in [0.3, 0.4) is 0 Å². The fourth-order valence-corrected chi connectivity index (χ4v) is 2.59. The number of ether oxygens (including phenoxy) is 1. The number of hydrogen-bond acceptors (Lipinski definition) is 3. The number of methoxy groups -OCH3 is 1. The van der Waals surface area contributed by atoms with Crippen molar-refractivity contribution in [2.24, 2.45) is 5.92 Å². The third kappa shape index (κ3) is 4.36. The van der Waals surface area contributed by atoms with Crippen LogP contribution < -0.4 is 10.1 Å². The van der Waals surface area contributed by atoms with Crippen LogP contribution >= 0.6 is 0 Å². The standard InChI is InChI=1S/C18H22F3N3O2/c1-10(2)9-24-11(3)13(8-22-24)18(25)23-16(17(20)21)12-5-6-15(26-4)14(19)7-12/h5-8,10,16-17H,9H2,1-4H3,(H,23,25). The molecule has 142 valence electrons. The van der Waals surface area contributed by atoms with Crippen molar-refractivity contribution in [2.75, 3.05) is 7.11 Å². The summed E-state index contributed by atoms with van der Waals surface area (Å²) in [4.78, 5) is 12.4. The van der Waals surface area contributed by atoms with E-state index in [0.717, 1.165) is 6.07 Å². The largest absolute Gasteiger partial charge is 0.494 e. The molecule has 0 spiro atoms. The second kappa shape index (κ2) is 8.25. The molecule has 0 bridgehead atoms. The van der Waals surface area contributed by atoms with E-state index >= 15 is 0 Å². The van der Waals surface area contributed by atoms with E-state index in [2.05, 4.69) is 10.4 Å². The molecular weight excluding hydrogens is 347 g/mol. The number of benzene rings is 1. The lowest BCUT2D eigenvalue weighted by Gasteiger charge is -2.19. The van der Waals surface area contributed by atoms with Gasteiger partial charge < -0.3 is 10.1 Å². The molecule has 1 amide bonds. The van der Waals surface area contributed by atoms with Gasteiger partial charge in [-0.25, -0.2) is 13.2 Å². The average molecular weight is 369 g/mol. The Balaban J connectivity index is 2.24. The maximum absolute atomic E-state index is 13.8. The van der Waals surface area contributed by atoms with Gasteiger partial charge >= 0.3 is 0 Å². The Labute approximate surface area is 150 Å². The number of carbonyl (C=O) groups excluding carboxylic acids is 1. The van der Waals surface area contributed by atoms with Crippen LogP contribution in [0.2, 0.25) is 0 Å². The number of aromatic nitrogens is 2. The van der Waals surface area contributed by atoms with Gasteiger partial charge in [-0.15, -0.1) is 0 Å². The number of nitrogens with zero attached hydrogens (tertiary/aromatic N) is 2. The molecule has 0 saturated heterocycles. The maximum atomic E-state index is 13.8. The van der Waals surface area contributed by atoms with E-state index in [1.54, 1.807) is 11.6 Å². The summed E-state index contributed by atoms with van der Waals surface area (Å²) in [6, 6.07) is 1.84. The van der Waals surface area contributed by atoms with Crippen LogP contribution in [0.15, 0.2) is 24.4 Å². The number of nitrogens with one attached hydrogen (secondary N) is 1. The number of alkyl halides is 2. The first kappa shape index (κ1) is 19.8. The summed E-state index contributed by atoms with van der Waals surface area (Å²) in [7, 11) is 1.28. The smallest absolute Gasteiger partial charge is 0.262 e. The average Bonchev–Trinajstić information content (AvgIpc) is 2.92. The minimum Gasteiger partial charge on any atom is -0.494 e. The second-order valence-electron chi connectivity index (χ2n) is 6.40. The first-order chi connectivity index (χ1) is 12.2. The van der Waals surface area contributed by atoms with Gasteiger partial charge in [0.2, 0.25) is 0 Å². The molecular formula is C18H22F3N3O2. The third-order valence-electron chi connectivity index (χ3n) is 3.96. The zero-order valence-electron chi connectivity index (χ0n) is 15.1. The normalized spacial score (nSPS) is 12.5. The van der Waals surface area contributed by atoms with Crippen molar-refractivity contribution >= 4 is 5.91 Å². The summed E-state index contributed by atoms with van der Waals surface area (Å²) in [6.07, 6.45) is -1.55. The number of hydrogen-bond donors (Lipinski definition) is 1. The molecule has 1 unspecified atom stereocenters. The fraction of sp³-hybridized carbons (Fsp3) is 0.444. The van der Waals surface area contributed by atoms with E-state index < -0.39 is 24.2 Å². The lowest BCUT2D eigenvalue weighted by molar-refractivity contribution is 0.0742. The van der Waals surface area contributed by atoms with Gasteiger partial charge in [0.05, 0.1) is 18.9 Å². The fourth-order valence-electron chi connectivity index (χ4n) is 2.59. The first-order valence-corrected chi connectivity index (χ1v) is 8.19. The first-order valence-electron chi connectivity index (χ1n) is 8.19. The minimum absolute atomic E-state index is 0.0427.